The van der Waals surface area contributed by atoms with Crippen molar-refractivity contribution in [2.75, 3.05) is 20.6 Å². The zero-order valence-electron chi connectivity index (χ0n) is 17.3. The van der Waals surface area contributed by atoms with Gasteiger partial charge in [-0.3, -0.25) is 0 Å². The van der Waals surface area contributed by atoms with Gasteiger partial charge < -0.3 is 15.1 Å². The molecule has 1 fully saturated rings. The van der Waals surface area contributed by atoms with Gasteiger partial charge >= 0.3 is 0 Å². The van der Waals surface area contributed by atoms with E-state index in [0.29, 0.717) is 12.1 Å². The van der Waals surface area contributed by atoms with E-state index in [0.717, 1.165) is 0 Å². The van der Waals surface area contributed by atoms with E-state index in [1.807, 2.05) is 4.90 Å². The van der Waals surface area contributed by atoms with Crippen LogP contribution in [0.2, 0.25) is 0 Å². The van der Waals surface area contributed by atoms with Gasteiger partial charge in [-0.2, -0.15) is 0 Å². The third-order valence-corrected chi connectivity index (χ3v) is 3.46. The van der Waals surface area contributed by atoms with Crippen molar-refractivity contribution in [2.45, 2.75) is 43.5 Å². The summed E-state index contributed by atoms with van der Waals surface area (Å²) in [6.45, 7) is 0.330. The molecule has 0 amide bonds. The Morgan fingerprint density at radius 3 is 2.32 bits per heavy atom. The molecule has 0 aliphatic heterocycles. The maximum absolute atomic E-state index is 11.3. The highest BCUT2D eigenvalue weighted by Crippen LogP contribution is 2.40. The van der Waals surface area contributed by atoms with Crippen LogP contribution in [0.1, 0.15) is 51.7 Å². The second-order valence-electron chi connectivity index (χ2n) is 5.34. The van der Waals surface area contributed by atoms with Crippen LogP contribution in [-0.2, 0) is 0 Å². The minimum atomic E-state index is -2.70. The molecule has 19 heavy (non-hydrogen) atoms. The summed E-state index contributed by atoms with van der Waals surface area (Å²) in [7, 11) is 3.59. The SMILES string of the molecule is [2H]C1([2H])CC(O)(C(CN(C)C)c2ccc(O)cc2)CC([2H])([2H])C1([2H])[2H]. The molecule has 0 heterocycles. The van der Waals surface area contributed by atoms with E-state index in [4.69, 9.17) is 8.22 Å². The Hall–Kier alpha value is -1.06. The van der Waals surface area contributed by atoms with Gasteiger partial charge in [-0.1, -0.05) is 31.3 Å². The first-order chi connectivity index (χ1) is 11.2. The van der Waals surface area contributed by atoms with Crippen molar-refractivity contribution in [1.29, 1.82) is 0 Å². The fraction of sp³-hybridized carbons (Fsp3) is 0.625. The highest BCUT2D eigenvalue weighted by Gasteiger charge is 2.38. The van der Waals surface area contributed by atoms with E-state index in [1.165, 1.54) is 12.1 Å². The normalized spacial score (nSPS) is 33.1. The second kappa shape index (κ2) is 5.93. The molecule has 0 radical (unpaired) electrons. The predicted octanol–water partition coefficient (Wildman–Crippen LogP) is 2.73. The van der Waals surface area contributed by atoms with Crippen LogP contribution in [0.15, 0.2) is 24.3 Å². The van der Waals surface area contributed by atoms with Gasteiger partial charge in [0.25, 0.3) is 0 Å². The maximum atomic E-state index is 11.3. The number of aromatic hydroxyl groups is 1. The molecule has 3 nitrogen and oxygen atoms in total. The van der Waals surface area contributed by atoms with Gasteiger partial charge in [-0.05, 0) is 44.6 Å². The van der Waals surface area contributed by atoms with Crippen LogP contribution in [0.25, 0.3) is 0 Å². The molecule has 0 spiro atoms. The molecule has 3 heteroatoms. The van der Waals surface area contributed by atoms with Crippen molar-refractivity contribution in [3.63, 3.8) is 0 Å². The Morgan fingerprint density at radius 1 is 1.21 bits per heavy atom. The zero-order valence-corrected chi connectivity index (χ0v) is 11.3. The maximum Gasteiger partial charge on any atom is 0.115 e. The number of likely N-dealkylation sites (N-methyl/N-ethyl adjacent to an activating group) is 1. The molecule has 0 aromatic heterocycles. The first kappa shape index (κ1) is 8.28. The summed E-state index contributed by atoms with van der Waals surface area (Å²) in [6.07, 6.45) is -8.77. The van der Waals surface area contributed by atoms with E-state index in [2.05, 4.69) is 0 Å². The van der Waals surface area contributed by atoms with Crippen LogP contribution >= 0.6 is 0 Å². The molecule has 1 aliphatic carbocycles. The first-order valence-electron chi connectivity index (χ1n) is 9.38. The van der Waals surface area contributed by atoms with Crippen LogP contribution in [0.4, 0.5) is 0 Å². The van der Waals surface area contributed by atoms with Gasteiger partial charge in [0.1, 0.15) is 5.75 Å². The number of hydrogen-bond acceptors (Lipinski definition) is 3. The van der Waals surface area contributed by atoms with Crippen molar-refractivity contribution < 1.29 is 18.4 Å². The highest BCUT2D eigenvalue weighted by molar-refractivity contribution is 5.30. The average Bonchev–Trinajstić information content (AvgIpc) is 2.42. The Kier molecular flexibility index (Phi) is 2.58. The van der Waals surface area contributed by atoms with Crippen LogP contribution in [0, 0.1) is 0 Å². The zero-order chi connectivity index (χ0) is 19.3. The molecule has 1 atom stereocenters. The van der Waals surface area contributed by atoms with Crippen LogP contribution < -0.4 is 0 Å². The Bertz CT molecular complexity index is 598. The smallest absolute Gasteiger partial charge is 0.115 e. The molecule has 0 saturated heterocycles. The molecule has 0 bridgehead atoms. The van der Waals surface area contributed by atoms with Crippen LogP contribution in [-0.4, -0.2) is 41.4 Å². The molecule has 1 saturated carbocycles. The predicted molar refractivity (Wildman–Crippen MR) is 77.4 cm³/mol. The van der Waals surface area contributed by atoms with Crippen molar-refractivity contribution >= 4 is 0 Å². The number of rotatable bonds is 4. The molecule has 1 unspecified atom stereocenters. The fourth-order valence-corrected chi connectivity index (χ4v) is 2.42. The quantitative estimate of drug-likeness (QED) is 0.883. The minimum absolute atomic E-state index is 0.0602. The average molecular weight is 269 g/mol. The molecular weight excluding hydrogens is 238 g/mol. The second-order valence-corrected chi connectivity index (χ2v) is 5.34. The number of phenolic OH excluding ortho intramolecular Hbond substituents is 1. The first-order valence-corrected chi connectivity index (χ1v) is 6.38. The van der Waals surface area contributed by atoms with Crippen LogP contribution in [0.5, 0.6) is 5.75 Å². The highest BCUT2D eigenvalue weighted by atomic mass is 16.3. The molecule has 1 aromatic carbocycles. The van der Waals surface area contributed by atoms with Crippen molar-refractivity contribution in [2.24, 2.45) is 0 Å². The summed E-state index contributed by atoms with van der Waals surface area (Å²) in [4.78, 5) is 1.81. The van der Waals surface area contributed by atoms with Gasteiger partial charge in [0.05, 0.1) is 5.60 Å². The van der Waals surface area contributed by atoms with Crippen molar-refractivity contribution in [1.82, 2.24) is 4.90 Å². The lowest BCUT2D eigenvalue weighted by atomic mass is 9.72. The molecule has 1 aliphatic rings. The van der Waals surface area contributed by atoms with Gasteiger partial charge in [0.2, 0.25) is 0 Å². The lowest BCUT2D eigenvalue weighted by Gasteiger charge is -2.40. The van der Waals surface area contributed by atoms with Gasteiger partial charge in [0.15, 0.2) is 0 Å². The summed E-state index contributed by atoms with van der Waals surface area (Å²) in [5.74, 6) is -0.575. The largest absolute Gasteiger partial charge is 0.508 e. The summed E-state index contributed by atoms with van der Waals surface area (Å²) in [5, 5.41) is 20.8. The Balaban J connectivity index is 2.50. The number of phenols is 1. The standard InChI is InChI=1S/C16H25NO2/c1-17(2)12-15(13-6-8-14(18)9-7-13)16(19)10-4-3-5-11-16/h6-9,15,18-19H,3-5,10-12H2,1-2H3/i3D2,4D2,5D2. The minimum Gasteiger partial charge on any atom is -0.508 e. The van der Waals surface area contributed by atoms with Crippen molar-refractivity contribution in [3.05, 3.63) is 29.8 Å². The number of aliphatic hydroxyl groups is 1. The van der Waals surface area contributed by atoms with E-state index >= 15 is 0 Å². The van der Waals surface area contributed by atoms with Gasteiger partial charge in [-0.25, -0.2) is 0 Å². The Morgan fingerprint density at radius 2 is 1.79 bits per heavy atom. The fourth-order valence-electron chi connectivity index (χ4n) is 2.42. The monoisotopic (exact) mass is 269 g/mol. The summed E-state index contributed by atoms with van der Waals surface area (Å²) in [6, 6.07) is 6.17. The lowest BCUT2D eigenvalue weighted by molar-refractivity contribution is -0.0277. The van der Waals surface area contributed by atoms with Crippen molar-refractivity contribution in [3.8, 4) is 5.75 Å². The molecule has 106 valence electrons. The molecule has 2 rings (SSSR count). The van der Waals surface area contributed by atoms with E-state index < -0.39 is 43.5 Å². The lowest BCUT2D eigenvalue weighted by Crippen LogP contribution is -2.42. The van der Waals surface area contributed by atoms with E-state index in [-0.39, 0.29) is 5.75 Å². The Labute approximate surface area is 124 Å². The van der Waals surface area contributed by atoms with Gasteiger partial charge in [-0.15, -0.1) is 0 Å². The molecule has 1 aromatic rings. The molecular formula is C16H25NO2. The van der Waals surface area contributed by atoms with Crippen LogP contribution in [0.3, 0.4) is 0 Å². The van der Waals surface area contributed by atoms with E-state index in [1.54, 1.807) is 26.2 Å². The number of nitrogens with zero attached hydrogens (tertiary/aromatic N) is 1. The summed E-state index contributed by atoms with van der Waals surface area (Å²) < 4.78 is 48.0. The number of benzene rings is 1. The van der Waals surface area contributed by atoms with E-state index in [9.17, 15) is 10.2 Å². The molecule has 2 N–H and O–H groups in total. The topological polar surface area (TPSA) is 43.7 Å². The third-order valence-electron chi connectivity index (χ3n) is 3.46. The number of hydrogen-bond donors (Lipinski definition) is 2. The summed E-state index contributed by atoms with van der Waals surface area (Å²) >= 11 is 0. The summed E-state index contributed by atoms with van der Waals surface area (Å²) in [5.41, 5.74) is -1.12. The third kappa shape index (κ3) is 3.48. The van der Waals surface area contributed by atoms with Gasteiger partial charge in [0, 0.05) is 20.7 Å².